The van der Waals surface area contributed by atoms with Crippen molar-refractivity contribution in [3.05, 3.63) is 0 Å². The molecule has 2 unspecified atom stereocenters. The molecule has 0 bridgehead atoms. The quantitative estimate of drug-likeness (QED) is 0.802. The summed E-state index contributed by atoms with van der Waals surface area (Å²) in [6.07, 6.45) is 8.47. The molecule has 104 valence electrons. The van der Waals surface area contributed by atoms with Crippen molar-refractivity contribution in [3.8, 4) is 0 Å². The molecule has 3 nitrogen and oxygen atoms in total. The first-order chi connectivity index (χ1) is 8.81. The predicted octanol–water partition coefficient (Wildman–Crippen LogP) is 1.69. The molecule has 3 fully saturated rings. The number of likely N-dealkylation sites (tertiary alicyclic amines) is 2. The third kappa shape index (κ3) is 3.46. The second kappa shape index (κ2) is 5.89. The SMILES string of the molecule is CC(CN1CCC(NC2CC2)C1)N1CCCCC1. The zero-order valence-corrected chi connectivity index (χ0v) is 11.9. The average Bonchev–Trinajstić information content (AvgIpc) is 3.10. The number of rotatable bonds is 5. The lowest BCUT2D eigenvalue weighted by Gasteiger charge is -2.34. The van der Waals surface area contributed by atoms with E-state index in [0.29, 0.717) is 0 Å². The van der Waals surface area contributed by atoms with Crippen molar-refractivity contribution in [2.45, 2.75) is 63.6 Å². The highest BCUT2D eigenvalue weighted by Gasteiger charge is 2.30. The molecule has 2 aliphatic heterocycles. The summed E-state index contributed by atoms with van der Waals surface area (Å²) < 4.78 is 0. The Hall–Kier alpha value is -0.120. The summed E-state index contributed by atoms with van der Waals surface area (Å²) in [4.78, 5) is 5.38. The van der Waals surface area contributed by atoms with E-state index in [4.69, 9.17) is 0 Å². The van der Waals surface area contributed by atoms with Gasteiger partial charge in [-0.1, -0.05) is 6.42 Å². The van der Waals surface area contributed by atoms with Gasteiger partial charge in [-0.3, -0.25) is 4.90 Å². The van der Waals surface area contributed by atoms with E-state index in [1.54, 1.807) is 0 Å². The van der Waals surface area contributed by atoms with E-state index >= 15 is 0 Å². The van der Waals surface area contributed by atoms with Crippen LogP contribution in [0, 0.1) is 0 Å². The number of nitrogens with one attached hydrogen (secondary N) is 1. The molecule has 2 saturated heterocycles. The number of piperidine rings is 1. The van der Waals surface area contributed by atoms with Gasteiger partial charge in [0.2, 0.25) is 0 Å². The molecule has 0 aromatic carbocycles. The lowest BCUT2D eigenvalue weighted by Crippen LogP contribution is -2.44. The van der Waals surface area contributed by atoms with E-state index < -0.39 is 0 Å². The van der Waals surface area contributed by atoms with Crippen molar-refractivity contribution in [3.63, 3.8) is 0 Å². The maximum atomic E-state index is 3.78. The maximum absolute atomic E-state index is 3.78. The molecule has 3 aliphatic rings. The van der Waals surface area contributed by atoms with Gasteiger partial charge in [0.15, 0.2) is 0 Å². The first kappa shape index (κ1) is 12.9. The van der Waals surface area contributed by atoms with Gasteiger partial charge in [0, 0.05) is 31.2 Å². The summed E-state index contributed by atoms with van der Waals surface area (Å²) in [6, 6.07) is 2.41. The largest absolute Gasteiger partial charge is 0.310 e. The van der Waals surface area contributed by atoms with Crippen LogP contribution in [0.2, 0.25) is 0 Å². The first-order valence-corrected chi connectivity index (χ1v) is 8.04. The Morgan fingerprint density at radius 3 is 2.50 bits per heavy atom. The van der Waals surface area contributed by atoms with Gasteiger partial charge < -0.3 is 10.2 Å². The van der Waals surface area contributed by atoms with Gasteiger partial charge >= 0.3 is 0 Å². The number of nitrogens with zero attached hydrogens (tertiary/aromatic N) is 2. The smallest absolute Gasteiger partial charge is 0.0209 e. The molecule has 1 saturated carbocycles. The Labute approximate surface area is 112 Å². The predicted molar refractivity (Wildman–Crippen MR) is 75.9 cm³/mol. The zero-order valence-electron chi connectivity index (χ0n) is 11.9. The van der Waals surface area contributed by atoms with Crippen molar-refractivity contribution in [2.24, 2.45) is 0 Å². The lowest BCUT2D eigenvalue weighted by molar-refractivity contribution is 0.137. The summed E-state index contributed by atoms with van der Waals surface area (Å²) >= 11 is 0. The van der Waals surface area contributed by atoms with Crippen LogP contribution < -0.4 is 5.32 Å². The summed E-state index contributed by atoms with van der Waals surface area (Å²) in [5.74, 6) is 0. The van der Waals surface area contributed by atoms with E-state index in [0.717, 1.165) is 18.1 Å². The van der Waals surface area contributed by atoms with Crippen LogP contribution in [0.25, 0.3) is 0 Å². The number of hydrogen-bond acceptors (Lipinski definition) is 3. The summed E-state index contributed by atoms with van der Waals surface area (Å²) in [6.45, 7) is 8.96. The van der Waals surface area contributed by atoms with Crippen molar-refractivity contribution in [1.29, 1.82) is 0 Å². The third-order valence-corrected chi connectivity index (χ3v) is 4.86. The Kier molecular flexibility index (Phi) is 4.22. The van der Waals surface area contributed by atoms with E-state index in [-0.39, 0.29) is 0 Å². The lowest BCUT2D eigenvalue weighted by atomic mass is 10.1. The van der Waals surface area contributed by atoms with Gasteiger partial charge in [-0.05, 0) is 58.7 Å². The van der Waals surface area contributed by atoms with Gasteiger partial charge in [0.25, 0.3) is 0 Å². The summed E-state index contributed by atoms with van der Waals surface area (Å²) in [5.41, 5.74) is 0. The standard InChI is InChI=1S/C15H29N3/c1-13(18-8-3-2-4-9-18)11-17-10-7-15(12-17)16-14-5-6-14/h13-16H,2-12H2,1H3. The van der Waals surface area contributed by atoms with Gasteiger partial charge in [-0.15, -0.1) is 0 Å². The third-order valence-electron chi connectivity index (χ3n) is 4.86. The molecule has 2 atom stereocenters. The van der Waals surface area contributed by atoms with Crippen LogP contribution in [-0.4, -0.2) is 60.6 Å². The molecule has 0 radical (unpaired) electrons. The topological polar surface area (TPSA) is 18.5 Å². The minimum Gasteiger partial charge on any atom is -0.310 e. The highest BCUT2D eigenvalue weighted by atomic mass is 15.2. The molecule has 2 heterocycles. The fourth-order valence-corrected chi connectivity index (χ4v) is 3.57. The van der Waals surface area contributed by atoms with Crippen LogP contribution in [0.3, 0.4) is 0 Å². The Balaban J connectivity index is 1.39. The van der Waals surface area contributed by atoms with E-state index in [1.165, 1.54) is 71.2 Å². The Bertz CT molecular complexity index is 258. The molecular weight excluding hydrogens is 222 g/mol. The second-order valence-corrected chi connectivity index (χ2v) is 6.63. The minimum absolute atomic E-state index is 0.755. The first-order valence-electron chi connectivity index (χ1n) is 8.04. The summed E-state index contributed by atoms with van der Waals surface area (Å²) in [5, 5.41) is 3.78. The molecular formula is C15H29N3. The van der Waals surface area contributed by atoms with Crippen LogP contribution in [0.15, 0.2) is 0 Å². The van der Waals surface area contributed by atoms with Crippen LogP contribution in [-0.2, 0) is 0 Å². The molecule has 1 aliphatic carbocycles. The monoisotopic (exact) mass is 251 g/mol. The molecule has 0 aromatic heterocycles. The average molecular weight is 251 g/mol. The van der Waals surface area contributed by atoms with Crippen LogP contribution >= 0.6 is 0 Å². The molecule has 3 heteroatoms. The van der Waals surface area contributed by atoms with E-state index in [2.05, 4.69) is 22.0 Å². The Morgan fingerprint density at radius 2 is 1.78 bits per heavy atom. The van der Waals surface area contributed by atoms with Gasteiger partial charge in [-0.2, -0.15) is 0 Å². The van der Waals surface area contributed by atoms with E-state index in [1.807, 2.05) is 0 Å². The van der Waals surface area contributed by atoms with Gasteiger partial charge in [0.1, 0.15) is 0 Å². The molecule has 18 heavy (non-hydrogen) atoms. The summed E-state index contributed by atoms with van der Waals surface area (Å²) in [7, 11) is 0. The van der Waals surface area contributed by atoms with Gasteiger partial charge in [-0.25, -0.2) is 0 Å². The minimum atomic E-state index is 0.755. The second-order valence-electron chi connectivity index (χ2n) is 6.63. The van der Waals surface area contributed by atoms with Crippen molar-refractivity contribution in [2.75, 3.05) is 32.7 Å². The van der Waals surface area contributed by atoms with Crippen molar-refractivity contribution < 1.29 is 0 Å². The van der Waals surface area contributed by atoms with Crippen LogP contribution in [0.5, 0.6) is 0 Å². The highest BCUT2D eigenvalue weighted by Crippen LogP contribution is 2.22. The normalized spacial score (nSPS) is 32.8. The molecule has 0 amide bonds. The zero-order chi connectivity index (χ0) is 12.4. The fraction of sp³-hybridized carbons (Fsp3) is 1.00. The molecule has 0 aromatic rings. The molecule has 1 N–H and O–H groups in total. The molecule has 3 rings (SSSR count). The van der Waals surface area contributed by atoms with Crippen molar-refractivity contribution in [1.82, 2.24) is 15.1 Å². The number of hydrogen-bond donors (Lipinski definition) is 1. The van der Waals surface area contributed by atoms with Crippen molar-refractivity contribution >= 4 is 0 Å². The molecule has 0 spiro atoms. The van der Waals surface area contributed by atoms with Gasteiger partial charge in [0.05, 0.1) is 0 Å². The van der Waals surface area contributed by atoms with Crippen LogP contribution in [0.4, 0.5) is 0 Å². The van der Waals surface area contributed by atoms with E-state index in [9.17, 15) is 0 Å². The van der Waals surface area contributed by atoms with Crippen LogP contribution in [0.1, 0.15) is 45.4 Å². The highest BCUT2D eigenvalue weighted by molar-refractivity contribution is 4.90. The Morgan fingerprint density at radius 1 is 1.00 bits per heavy atom. The fourth-order valence-electron chi connectivity index (χ4n) is 3.57. The maximum Gasteiger partial charge on any atom is 0.0209 e.